The van der Waals surface area contributed by atoms with Crippen molar-refractivity contribution >= 4 is 0 Å². The number of phenolic OH excluding ortho intramolecular Hbond substituents is 1. The number of nitrogens with one attached hydrogen (secondary N) is 1. The first-order valence-corrected chi connectivity index (χ1v) is 6.33. The van der Waals surface area contributed by atoms with Crippen LogP contribution in [0.1, 0.15) is 29.7 Å². The van der Waals surface area contributed by atoms with E-state index in [1.54, 1.807) is 0 Å². The zero-order chi connectivity index (χ0) is 13.8. The highest BCUT2D eigenvalue weighted by Crippen LogP contribution is 2.24. The SMILES string of the molecule is Cc1cccc(CNC(C)c2cc(F)ccc2O)c1. The Labute approximate surface area is 112 Å². The minimum Gasteiger partial charge on any atom is -0.508 e. The van der Waals surface area contributed by atoms with Crippen LogP contribution in [-0.4, -0.2) is 5.11 Å². The van der Waals surface area contributed by atoms with E-state index < -0.39 is 0 Å². The molecule has 2 rings (SSSR count). The largest absolute Gasteiger partial charge is 0.508 e. The van der Waals surface area contributed by atoms with Crippen molar-refractivity contribution in [1.82, 2.24) is 5.32 Å². The van der Waals surface area contributed by atoms with E-state index in [4.69, 9.17) is 0 Å². The summed E-state index contributed by atoms with van der Waals surface area (Å²) in [7, 11) is 0. The van der Waals surface area contributed by atoms with Crippen molar-refractivity contribution in [3.63, 3.8) is 0 Å². The molecular formula is C16H18FNO. The Kier molecular flexibility index (Phi) is 4.17. The Balaban J connectivity index is 2.05. The second kappa shape index (κ2) is 5.85. The Morgan fingerprint density at radius 3 is 2.74 bits per heavy atom. The molecule has 0 radical (unpaired) electrons. The van der Waals surface area contributed by atoms with Crippen LogP contribution in [0.5, 0.6) is 5.75 Å². The quantitative estimate of drug-likeness (QED) is 0.877. The summed E-state index contributed by atoms with van der Waals surface area (Å²) >= 11 is 0. The van der Waals surface area contributed by atoms with Gasteiger partial charge in [0.1, 0.15) is 11.6 Å². The molecule has 2 N–H and O–H groups in total. The number of aromatic hydroxyl groups is 1. The molecule has 0 spiro atoms. The summed E-state index contributed by atoms with van der Waals surface area (Å²) in [5, 5.41) is 13.0. The van der Waals surface area contributed by atoms with Gasteiger partial charge in [0.2, 0.25) is 0 Å². The van der Waals surface area contributed by atoms with Crippen molar-refractivity contribution in [2.24, 2.45) is 0 Å². The number of hydrogen-bond donors (Lipinski definition) is 2. The van der Waals surface area contributed by atoms with Crippen LogP contribution >= 0.6 is 0 Å². The summed E-state index contributed by atoms with van der Waals surface area (Å²) in [5.41, 5.74) is 2.95. The highest BCUT2D eigenvalue weighted by atomic mass is 19.1. The number of rotatable bonds is 4. The predicted octanol–water partition coefficient (Wildman–Crippen LogP) is 3.69. The molecule has 19 heavy (non-hydrogen) atoms. The highest BCUT2D eigenvalue weighted by Gasteiger charge is 2.10. The van der Waals surface area contributed by atoms with Crippen LogP contribution in [0.3, 0.4) is 0 Å². The Hall–Kier alpha value is -1.87. The van der Waals surface area contributed by atoms with Gasteiger partial charge in [0.05, 0.1) is 0 Å². The van der Waals surface area contributed by atoms with Gasteiger partial charge in [-0.15, -0.1) is 0 Å². The molecule has 0 heterocycles. The highest BCUT2D eigenvalue weighted by molar-refractivity contribution is 5.35. The lowest BCUT2D eigenvalue weighted by molar-refractivity contribution is 0.449. The van der Waals surface area contributed by atoms with Gasteiger partial charge >= 0.3 is 0 Å². The Morgan fingerprint density at radius 1 is 1.21 bits per heavy atom. The van der Waals surface area contributed by atoms with Crippen molar-refractivity contribution in [2.75, 3.05) is 0 Å². The molecule has 0 aliphatic heterocycles. The van der Waals surface area contributed by atoms with Gasteiger partial charge in [0, 0.05) is 18.2 Å². The van der Waals surface area contributed by atoms with Gasteiger partial charge in [0.25, 0.3) is 0 Å². The average molecular weight is 259 g/mol. The number of halogens is 1. The summed E-state index contributed by atoms with van der Waals surface area (Å²) in [4.78, 5) is 0. The average Bonchev–Trinajstić information content (AvgIpc) is 2.39. The zero-order valence-electron chi connectivity index (χ0n) is 11.2. The number of benzene rings is 2. The molecule has 2 aromatic rings. The molecule has 3 heteroatoms. The molecule has 0 bridgehead atoms. The molecule has 1 unspecified atom stereocenters. The first kappa shape index (κ1) is 13.6. The first-order chi connectivity index (χ1) is 9.06. The van der Waals surface area contributed by atoms with E-state index in [0.717, 1.165) is 0 Å². The first-order valence-electron chi connectivity index (χ1n) is 6.33. The van der Waals surface area contributed by atoms with E-state index in [9.17, 15) is 9.50 Å². The van der Waals surface area contributed by atoms with E-state index in [2.05, 4.69) is 11.4 Å². The third kappa shape index (κ3) is 3.55. The minimum absolute atomic E-state index is 0.115. The van der Waals surface area contributed by atoms with Crippen molar-refractivity contribution in [3.05, 3.63) is 65.0 Å². The molecule has 2 nitrogen and oxygen atoms in total. The monoisotopic (exact) mass is 259 g/mol. The third-order valence-electron chi connectivity index (χ3n) is 3.15. The van der Waals surface area contributed by atoms with Crippen molar-refractivity contribution in [3.8, 4) is 5.75 Å². The topological polar surface area (TPSA) is 32.3 Å². The molecule has 100 valence electrons. The third-order valence-corrected chi connectivity index (χ3v) is 3.15. The van der Waals surface area contributed by atoms with Gasteiger partial charge in [-0.1, -0.05) is 29.8 Å². The van der Waals surface area contributed by atoms with Gasteiger partial charge in [-0.25, -0.2) is 4.39 Å². The van der Waals surface area contributed by atoms with Crippen molar-refractivity contribution < 1.29 is 9.50 Å². The fourth-order valence-corrected chi connectivity index (χ4v) is 2.08. The summed E-state index contributed by atoms with van der Waals surface area (Å²) in [6.07, 6.45) is 0. The van der Waals surface area contributed by atoms with Crippen LogP contribution in [0.15, 0.2) is 42.5 Å². The maximum absolute atomic E-state index is 13.2. The fourth-order valence-electron chi connectivity index (χ4n) is 2.08. The molecule has 0 aliphatic rings. The molecular weight excluding hydrogens is 241 g/mol. The minimum atomic E-state index is -0.336. The zero-order valence-corrected chi connectivity index (χ0v) is 11.2. The summed E-state index contributed by atoms with van der Waals surface area (Å²) in [6, 6.07) is 12.1. The number of aryl methyl sites for hydroxylation is 1. The standard InChI is InChI=1S/C16H18FNO/c1-11-4-3-5-13(8-11)10-18-12(2)15-9-14(17)6-7-16(15)19/h3-9,12,18-19H,10H2,1-2H3. The molecule has 0 fully saturated rings. The lowest BCUT2D eigenvalue weighted by Crippen LogP contribution is -2.18. The molecule has 0 aliphatic carbocycles. The maximum atomic E-state index is 13.2. The lowest BCUT2D eigenvalue weighted by atomic mass is 10.1. The summed E-state index contributed by atoms with van der Waals surface area (Å²) in [5.74, 6) is -0.220. The molecule has 0 amide bonds. The van der Waals surface area contributed by atoms with Gasteiger partial charge in [-0.05, 0) is 37.6 Å². The summed E-state index contributed by atoms with van der Waals surface area (Å²) < 4.78 is 13.2. The second-order valence-corrected chi connectivity index (χ2v) is 4.79. The van der Waals surface area contributed by atoms with E-state index in [1.807, 2.05) is 32.0 Å². The Bertz CT molecular complexity index is 568. The van der Waals surface area contributed by atoms with Crippen LogP contribution < -0.4 is 5.32 Å². The van der Waals surface area contributed by atoms with Crippen LogP contribution in [0.25, 0.3) is 0 Å². The van der Waals surface area contributed by atoms with E-state index in [1.165, 1.54) is 29.3 Å². The van der Waals surface area contributed by atoms with Gasteiger partial charge in [-0.3, -0.25) is 0 Å². The predicted molar refractivity (Wildman–Crippen MR) is 74.5 cm³/mol. The van der Waals surface area contributed by atoms with Crippen LogP contribution in [-0.2, 0) is 6.54 Å². The van der Waals surface area contributed by atoms with Gasteiger partial charge in [0.15, 0.2) is 0 Å². The van der Waals surface area contributed by atoms with E-state index in [-0.39, 0.29) is 17.6 Å². The van der Waals surface area contributed by atoms with E-state index >= 15 is 0 Å². The Morgan fingerprint density at radius 2 is 2.00 bits per heavy atom. The van der Waals surface area contributed by atoms with Crippen molar-refractivity contribution in [2.45, 2.75) is 26.4 Å². The van der Waals surface area contributed by atoms with Crippen LogP contribution in [0.2, 0.25) is 0 Å². The molecule has 1 atom stereocenters. The fraction of sp³-hybridized carbons (Fsp3) is 0.250. The van der Waals surface area contributed by atoms with E-state index in [0.29, 0.717) is 12.1 Å². The van der Waals surface area contributed by atoms with Crippen LogP contribution in [0, 0.1) is 12.7 Å². The van der Waals surface area contributed by atoms with Crippen LogP contribution in [0.4, 0.5) is 4.39 Å². The number of hydrogen-bond acceptors (Lipinski definition) is 2. The van der Waals surface area contributed by atoms with Crippen molar-refractivity contribution in [1.29, 1.82) is 0 Å². The smallest absolute Gasteiger partial charge is 0.123 e. The number of phenols is 1. The lowest BCUT2D eigenvalue weighted by Gasteiger charge is -2.16. The van der Waals surface area contributed by atoms with Gasteiger partial charge < -0.3 is 10.4 Å². The normalized spacial score (nSPS) is 12.4. The molecule has 2 aromatic carbocycles. The molecule has 0 aromatic heterocycles. The molecule has 0 saturated heterocycles. The molecule has 0 saturated carbocycles. The van der Waals surface area contributed by atoms with Gasteiger partial charge in [-0.2, -0.15) is 0 Å². The second-order valence-electron chi connectivity index (χ2n) is 4.79. The maximum Gasteiger partial charge on any atom is 0.123 e. The summed E-state index contributed by atoms with van der Waals surface area (Å²) in [6.45, 7) is 4.63.